The third-order valence-electron chi connectivity index (χ3n) is 2.86. The van der Waals surface area contributed by atoms with Crippen LogP contribution in [-0.2, 0) is 26.6 Å². The highest BCUT2D eigenvalue weighted by Crippen LogP contribution is 2.12. The van der Waals surface area contributed by atoms with Crippen LogP contribution in [0.2, 0.25) is 0 Å². The van der Waals surface area contributed by atoms with Gasteiger partial charge in [0.2, 0.25) is 0 Å². The first-order valence-electron chi connectivity index (χ1n) is 6.15. The molecule has 0 saturated heterocycles. The Morgan fingerprint density at radius 3 is 2.89 bits per heavy atom. The summed E-state index contributed by atoms with van der Waals surface area (Å²) < 4.78 is 3.01. The van der Waals surface area contributed by atoms with Crippen LogP contribution in [0, 0.1) is 0 Å². The molecule has 1 aromatic carbocycles. The molecule has 0 bridgehead atoms. The minimum Gasteiger partial charge on any atom is -0.308 e. The van der Waals surface area contributed by atoms with E-state index < -0.39 is 0 Å². The Bertz CT molecular complexity index is 520. The van der Waals surface area contributed by atoms with Crippen molar-refractivity contribution in [2.45, 2.75) is 26.4 Å². The smallest absolute Gasteiger partial charge is 0.0666 e. The van der Waals surface area contributed by atoms with Crippen molar-refractivity contribution in [2.24, 2.45) is 7.05 Å². The molecule has 0 saturated carbocycles. The van der Waals surface area contributed by atoms with Gasteiger partial charge in [-0.25, -0.2) is 0 Å². The monoisotopic (exact) mass is 307 g/mol. The highest BCUT2D eigenvalue weighted by molar-refractivity contribution is 9.10. The van der Waals surface area contributed by atoms with E-state index in [2.05, 4.69) is 57.7 Å². The molecule has 3 nitrogen and oxygen atoms in total. The third kappa shape index (κ3) is 3.43. The Morgan fingerprint density at radius 2 is 2.17 bits per heavy atom. The minimum atomic E-state index is 0.865. The van der Waals surface area contributed by atoms with Gasteiger partial charge in [-0.05, 0) is 24.1 Å². The molecule has 0 atom stereocenters. The van der Waals surface area contributed by atoms with Gasteiger partial charge >= 0.3 is 0 Å². The van der Waals surface area contributed by atoms with E-state index in [0.717, 1.165) is 24.0 Å². The summed E-state index contributed by atoms with van der Waals surface area (Å²) in [5, 5.41) is 7.90. The zero-order chi connectivity index (χ0) is 13.0. The molecule has 4 heteroatoms. The van der Waals surface area contributed by atoms with Crippen LogP contribution in [0.5, 0.6) is 0 Å². The van der Waals surface area contributed by atoms with E-state index in [1.165, 1.54) is 16.8 Å². The summed E-state index contributed by atoms with van der Waals surface area (Å²) in [6.45, 7) is 3.88. The number of benzene rings is 1. The second kappa shape index (κ2) is 6.16. The van der Waals surface area contributed by atoms with Gasteiger partial charge in [0.15, 0.2) is 0 Å². The number of halogens is 1. The molecule has 1 heterocycles. The molecule has 0 unspecified atom stereocenters. The normalized spacial score (nSPS) is 10.8. The van der Waals surface area contributed by atoms with Gasteiger partial charge in [0.25, 0.3) is 0 Å². The quantitative estimate of drug-likeness (QED) is 0.920. The Kier molecular flexibility index (Phi) is 4.55. The zero-order valence-electron chi connectivity index (χ0n) is 10.8. The van der Waals surface area contributed by atoms with Gasteiger partial charge in [0, 0.05) is 36.4 Å². The number of nitrogens with one attached hydrogen (secondary N) is 1. The Labute approximate surface area is 116 Å². The molecule has 1 N–H and O–H groups in total. The molecule has 0 aliphatic heterocycles. The number of rotatable bonds is 5. The molecular formula is C14H18BrN3. The minimum absolute atomic E-state index is 0.865. The van der Waals surface area contributed by atoms with Crippen LogP contribution >= 0.6 is 15.9 Å². The number of nitrogens with zero attached hydrogens (tertiary/aromatic N) is 2. The zero-order valence-corrected chi connectivity index (χ0v) is 12.4. The first-order valence-corrected chi connectivity index (χ1v) is 6.95. The average molecular weight is 308 g/mol. The molecule has 18 heavy (non-hydrogen) atoms. The molecule has 2 aromatic rings. The third-order valence-corrected chi connectivity index (χ3v) is 3.35. The largest absolute Gasteiger partial charge is 0.308 e. The van der Waals surface area contributed by atoms with Crippen molar-refractivity contribution in [3.8, 4) is 0 Å². The predicted molar refractivity (Wildman–Crippen MR) is 77.3 cm³/mol. The van der Waals surface area contributed by atoms with E-state index in [1.807, 2.05) is 17.8 Å². The predicted octanol–water partition coefficient (Wildman–Crippen LogP) is 3.03. The van der Waals surface area contributed by atoms with Crippen molar-refractivity contribution in [1.82, 2.24) is 15.1 Å². The summed E-state index contributed by atoms with van der Waals surface area (Å²) in [4.78, 5) is 0. The molecular weight excluding hydrogens is 290 g/mol. The molecule has 2 rings (SSSR count). The lowest BCUT2D eigenvalue weighted by atomic mass is 10.2. The van der Waals surface area contributed by atoms with Crippen molar-refractivity contribution < 1.29 is 0 Å². The molecule has 96 valence electrons. The van der Waals surface area contributed by atoms with Crippen molar-refractivity contribution in [3.63, 3.8) is 0 Å². The van der Waals surface area contributed by atoms with Gasteiger partial charge in [0.05, 0.1) is 5.69 Å². The summed E-state index contributed by atoms with van der Waals surface area (Å²) in [6.07, 6.45) is 3.07. The Morgan fingerprint density at radius 1 is 1.33 bits per heavy atom. The number of aromatic nitrogens is 2. The second-order valence-corrected chi connectivity index (χ2v) is 5.28. The second-order valence-electron chi connectivity index (χ2n) is 4.36. The molecule has 0 amide bonds. The fourth-order valence-electron chi connectivity index (χ4n) is 2.02. The SMILES string of the molecule is CCc1nn(C)cc1CNCc1cccc(Br)c1. The van der Waals surface area contributed by atoms with E-state index in [1.54, 1.807) is 0 Å². The van der Waals surface area contributed by atoms with Crippen molar-refractivity contribution in [1.29, 1.82) is 0 Å². The first-order chi connectivity index (χ1) is 8.69. The maximum Gasteiger partial charge on any atom is 0.0666 e. The standard InChI is InChI=1S/C14H18BrN3/c1-3-14-12(10-18(2)17-14)9-16-8-11-5-4-6-13(15)7-11/h4-7,10,16H,3,8-9H2,1-2H3. The highest BCUT2D eigenvalue weighted by Gasteiger charge is 2.04. The Balaban J connectivity index is 1.92. The molecule has 0 spiro atoms. The average Bonchev–Trinajstić information content (AvgIpc) is 2.70. The van der Waals surface area contributed by atoms with E-state index >= 15 is 0 Å². The molecule has 1 aromatic heterocycles. The summed E-state index contributed by atoms with van der Waals surface area (Å²) in [6, 6.07) is 8.36. The molecule has 0 radical (unpaired) electrons. The van der Waals surface area contributed by atoms with Gasteiger partial charge in [-0.1, -0.05) is 35.0 Å². The van der Waals surface area contributed by atoms with E-state index in [-0.39, 0.29) is 0 Å². The summed E-state index contributed by atoms with van der Waals surface area (Å²) in [5.41, 5.74) is 3.75. The van der Waals surface area contributed by atoms with Crippen LogP contribution < -0.4 is 5.32 Å². The fourth-order valence-corrected chi connectivity index (χ4v) is 2.46. The van der Waals surface area contributed by atoms with Crippen LogP contribution in [0.25, 0.3) is 0 Å². The maximum atomic E-state index is 4.44. The molecule has 0 aliphatic carbocycles. The fraction of sp³-hybridized carbons (Fsp3) is 0.357. The lowest BCUT2D eigenvalue weighted by Crippen LogP contribution is -2.13. The van der Waals surface area contributed by atoms with Crippen molar-refractivity contribution in [2.75, 3.05) is 0 Å². The number of hydrogen-bond donors (Lipinski definition) is 1. The maximum absolute atomic E-state index is 4.44. The van der Waals surface area contributed by atoms with Gasteiger partial charge in [-0.15, -0.1) is 0 Å². The van der Waals surface area contributed by atoms with Crippen molar-refractivity contribution in [3.05, 3.63) is 51.8 Å². The van der Waals surface area contributed by atoms with Crippen LogP contribution in [-0.4, -0.2) is 9.78 Å². The lowest BCUT2D eigenvalue weighted by molar-refractivity contribution is 0.688. The van der Waals surface area contributed by atoms with Gasteiger partial charge in [-0.2, -0.15) is 5.10 Å². The van der Waals surface area contributed by atoms with E-state index in [0.29, 0.717) is 0 Å². The molecule has 0 aliphatic rings. The van der Waals surface area contributed by atoms with Gasteiger partial charge < -0.3 is 5.32 Å². The molecule has 0 fully saturated rings. The van der Waals surface area contributed by atoms with Crippen molar-refractivity contribution >= 4 is 15.9 Å². The highest BCUT2D eigenvalue weighted by atomic mass is 79.9. The lowest BCUT2D eigenvalue weighted by Gasteiger charge is -2.05. The van der Waals surface area contributed by atoms with Crippen LogP contribution in [0.3, 0.4) is 0 Å². The van der Waals surface area contributed by atoms with Gasteiger partial charge in [-0.3, -0.25) is 4.68 Å². The Hall–Kier alpha value is -1.13. The summed E-state index contributed by atoms with van der Waals surface area (Å²) in [7, 11) is 1.97. The summed E-state index contributed by atoms with van der Waals surface area (Å²) in [5.74, 6) is 0. The van der Waals surface area contributed by atoms with Crippen LogP contribution in [0.4, 0.5) is 0 Å². The van der Waals surface area contributed by atoms with E-state index in [9.17, 15) is 0 Å². The number of aryl methyl sites for hydroxylation is 2. The first kappa shape index (κ1) is 13.3. The van der Waals surface area contributed by atoms with E-state index in [4.69, 9.17) is 0 Å². The van der Waals surface area contributed by atoms with Gasteiger partial charge in [0.1, 0.15) is 0 Å². The number of hydrogen-bond acceptors (Lipinski definition) is 2. The van der Waals surface area contributed by atoms with Crippen LogP contribution in [0.1, 0.15) is 23.7 Å². The van der Waals surface area contributed by atoms with Crippen LogP contribution in [0.15, 0.2) is 34.9 Å². The topological polar surface area (TPSA) is 29.9 Å². The summed E-state index contributed by atoms with van der Waals surface area (Å²) >= 11 is 3.48.